The van der Waals surface area contributed by atoms with E-state index in [2.05, 4.69) is 22.2 Å². The van der Waals surface area contributed by atoms with Gasteiger partial charge in [-0.05, 0) is 42.8 Å². The van der Waals surface area contributed by atoms with Gasteiger partial charge in [0, 0.05) is 21.2 Å². The maximum absolute atomic E-state index is 6.13. The van der Waals surface area contributed by atoms with Crippen molar-refractivity contribution in [1.29, 1.82) is 0 Å². The number of anilines is 2. The first-order valence-corrected chi connectivity index (χ1v) is 9.70. The fourth-order valence-corrected chi connectivity index (χ4v) is 4.25. The molecule has 0 bridgehead atoms. The van der Waals surface area contributed by atoms with Crippen LogP contribution in [0.1, 0.15) is 4.88 Å². The van der Waals surface area contributed by atoms with Crippen LogP contribution in [-0.4, -0.2) is 9.97 Å². The molecule has 4 aromatic rings. The summed E-state index contributed by atoms with van der Waals surface area (Å²) in [5.74, 6) is 0.725. The van der Waals surface area contributed by atoms with Gasteiger partial charge in [0.05, 0.1) is 15.4 Å². The highest BCUT2D eigenvalue weighted by atomic mass is 35.5. The van der Waals surface area contributed by atoms with Gasteiger partial charge in [0.2, 0.25) is 0 Å². The molecule has 2 aromatic carbocycles. The maximum atomic E-state index is 6.13. The Bertz CT molecular complexity index is 1110. The molecule has 0 aliphatic carbocycles. The van der Waals surface area contributed by atoms with Crippen LogP contribution in [0.5, 0.6) is 0 Å². The first kappa shape index (κ1) is 17.6. The van der Waals surface area contributed by atoms with Crippen molar-refractivity contribution in [3.8, 4) is 11.1 Å². The number of fused-ring (bicyclic) bond motifs is 1. The van der Waals surface area contributed by atoms with Crippen molar-refractivity contribution >= 4 is 67.9 Å². The molecule has 130 valence electrons. The summed E-state index contributed by atoms with van der Waals surface area (Å²) in [5.41, 5.74) is 2.99. The summed E-state index contributed by atoms with van der Waals surface area (Å²) in [4.78, 5) is 11.0. The van der Waals surface area contributed by atoms with Crippen LogP contribution < -0.4 is 5.32 Å². The predicted molar refractivity (Wildman–Crippen MR) is 112 cm³/mol. The molecule has 0 saturated carbocycles. The van der Waals surface area contributed by atoms with Crippen molar-refractivity contribution in [1.82, 2.24) is 9.97 Å². The van der Waals surface area contributed by atoms with E-state index in [1.165, 1.54) is 4.88 Å². The van der Waals surface area contributed by atoms with Crippen molar-refractivity contribution in [3.63, 3.8) is 0 Å². The molecule has 3 nitrogen and oxygen atoms in total. The van der Waals surface area contributed by atoms with E-state index in [0.717, 1.165) is 32.8 Å². The molecule has 0 unspecified atom stereocenters. The van der Waals surface area contributed by atoms with E-state index in [-0.39, 0.29) is 0 Å². The topological polar surface area (TPSA) is 37.8 Å². The van der Waals surface area contributed by atoms with Crippen molar-refractivity contribution in [2.24, 2.45) is 0 Å². The molecule has 1 N–H and O–H groups in total. The highest BCUT2D eigenvalue weighted by Gasteiger charge is 2.17. The van der Waals surface area contributed by atoms with Crippen LogP contribution in [0.25, 0.3) is 21.3 Å². The maximum Gasteiger partial charge on any atom is 0.143 e. The molecule has 0 fully saturated rings. The molecule has 0 saturated heterocycles. The number of thiophene rings is 1. The zero-order valence-electron chi connectivity index (χ0n) is 13.6. The van der Waals surface area contributed by atoms with E-state index in [1.54, 1.807) is 29.8 Å². The van der Waals surface area contributed by atoms with E-state index >= 15 is 0 Å². The number of nitrogens with one attached hydrogen (secondary N) is 1. The van der Waals surface area contributed by atoms with Gasteiger partial charge >= 0.3 is 0 Å². The lowest BCUT2D eigenvalue weighted by atomic mass is 10.0. The van der Waals surface area contributed by atoms with Gasteiger partial charge in [-0.3, -0.25) is 0 Å². The summed E-state index contributed by atoms with van der Waals surface area (Å²) in [7, 11) is 0. The minimum Gasteiger partial charge on any atom is -0.340 e. The molecule has 0 radical (unpaired) electrons. The van der Waals surface area contributed by atoms with Gasteiger partial charge in [0.25, 0.3) is 0 Å². The number of rotatable bonds is 3. The lowest BCUT2D eigenvalue weighted by Crippen LogP contribution is -1.95. The first-order valence-electron chi connectivity index (χ1n) is 7.75. The minimum absolute atomic E-state index is 0.487. The van der Waals surface area contributed by atoms with Crippen molar-refractivity contribution in [2.75, 3.05) is 5.32 Å². The van der Waals surface area contributed by atoms with E-state index in [1.807, 2.05) is 30.3 Å². The first-order chi connectivity index (χ1) is 12.5. The normalized spacial score (nSPS) is 11.1. The Morgan fingerprint density at radius 2 is 1.69 bits per heavy atom. The number of halogens is 3. The molecule has 26 heavy (non-hydrogen) atoms. The number of benzene rings is 2. The van der Waals surface area contributed by atoms with Crippen LogP contribution >= 0.6 is 46.1 Å². The largest absolute Gasteiger partial charge is 0.340 e. The van der Waals surface area contributed by atoms with Gasteiger partial charge < -0.3 is 5.32 Å². The zero-order chi connectivity index (χ0) is 18.3. The van der Waals surface area contributed by atoms with Gasteiger partial charge in [-0.25, -0.2) is 9.97 Å². The van der Waals surface area contributed by atoms with Gasteiger partial charge in [-0.15, -0.1) is 11.3 Å². The second-order valence-corrected chi connectivity index (χ2v) is 8.15. The smallest absolute Gasteiger partial charge is 0.143 e. The Kier molecular flexibility index (Phi) is 4.76. The van der Waals surface area contributed by atoms with Gasteiger partial charge in [0.15, 0.2) is 0 Å². The lowest BCUT2D eigenvalue weighted by molar-refractivity contribution is 1.23. The van der Waals surface area contributed by atoms with E-state index in [4.69, 9.17) is 34.8 Å². The quantitative estimate of drug-likeness (QED) is 0.376. The number of aryl methyl sites for hydroxylation is 1. The highest BCUT2D eigenvalue weighted by molar-refractivity contribution is 7.19. The van der Waals surface area contributed by atoms with E-state index in [9.17, 15) is 0 Å². The Morgan fingerprint density at radius 3 is 2.42 bits per heavy atom. The summed E-state index contributed by atoms with van der Waals surface area (Å²) >= 11 is 19.8. The molecule has 0 spiro atoms. The number of hydrogen-bond donors (Lipinski definition) is 1. The summed E-state index contributed by atoms with van der Waals surface area (Å²) in [6.45, 7) is 2.08. The molecule has 0 atom stereocenters. The molecule has 2 aromatic heterocycles. The van der Waals surface area contributed by atoms with Gasteiger partial charge in [-0.2, -0.15) is 0 Å². The average Bonchev–Trinajstić information content (AvgIpc) is 2.96. The molecular formula is C19H12Cl3N3S. The summed E-state index contributed by atoms with van der Waals surface area (Å²) < 4.78 is 0. The second kappa shape index (κ2) is 7.05. The Labute approximate surface area is 169 Å². The highest BCUT2D eigenvalue weighted by Crippen LogP contribution is 2.41. The van der Waals surface area contributed by atoms with Crippen LogP contribution in [0, 0.1) is 6.92 Å². The van der Waals surface area contributed by atoms with E-state index in [0.29, 0.717) is 15.1 Å². The molecular weight excluding hydrogens is 409 g/mol. The minimum atomic E-state index is 0.487. The van der Waals surface area contributed by atoms with Gasteiger partial charge in [0.1, 0.15) is 17.0 Å². The zero-order valence-corrected chi connectivity index (χ0v) is 16.6. The fourth-order valence-electron chi connectivity index (χ4n) is 2.81. The van der Waals surface area contributed by atoms with Gasteiger partial charge in [-0.1, -0.05) is 46.9 Å². The van der Waals surface area contributed by atoms with Crippen LogP contribution in [0.15, 0.2) is 48.8 Å². The second-order valence-electron chi connectivity index (χ2n) is 5.70. The van der Waals surface area contributed by atoms with E-state index < -0.39 is 0 Å². The summed E-state index contributed by atoms with van der Waals surface area (Å²) in [6.07, 6.45) is 1.56. The average molecular weight is 421 g/mol. The summed E-state index contributed by atoms with van der Waals surface area (Å²) in [6, 6.07) is 13.2. The molecule has 4 rings (SSSR count). The predicted octanol–water partition coefficient (Wildman–Crippen LogP) is 7.37. The lowest BCUT2D eigenvalue weighted by Gasteiger charge is -2.10. The third-order valence-electron chi connectivity index (χ3n) is 3.98. The van der Waals surface area contributed by atoms with Crippen LogP contribution in [0.2, 0.25) is 15.1 Å². The number of aromatic nitrogens is 2. The van der Waals surface area contributed by atoms with Crippen molar-refractivity contribution < 1.29 is 0 Å². The summed E-state index contributed by atoms with van der Waals surface area (Å²) in [5, 5.41) is 6.02. The Hall–Kier alpha value is -1.85. The van der Waals surface area contributed by atoms with Crippen molar-refractivity contribution in [3.05, 3.63) is 68.7 Å². The molecule has 0 aliphatic rings. The van der Waals surface area contributed by atoms with Crippen LogP contribution in [0.3, 0.4) is 0 Å². The Morgan fingerprint density at radius 1 is 0.923 bits per heavy atom. The molecule has 7 heteroatoms. The fraction of sp³-hybridized carbons (Fsp3) is 0.0526. The molecule has 2 heterocycles. The standard InChI is InChI=1S/C19H12Cl3N3S/c1-10-16(11-2-4-12(20)5-3-11)17-18(23-9-24-19(17)26-10)25-13-6-7-14(21)15(22)8-13/h2-9H,1H3,(H,23,24,25). The molecule has 0 aliphatic heterocycles. The number of hydrogen-bond acceptors (Lipinski definition) is 4. The monoisotopic (exact) mass is 419 g/mol. The Balaban J connectivity index is 1.87. The SMILES string of the molecule is Cc1sc2ncnc(Nc3ccc(Cl)c(Cl)c3)c2c1-c1ccc(Cl)cc1. The molecule has 0 amide bonds. The van der Waals surface area contributed by atoms with Crippen LogP contribution in [-0.2, 0) is 0 Å². The third-order valence-corrected chi connectivity index (χ3v) is 5.98. The van der Waals surface area contributed by atoms with Crippen molar-refractivity contribution in [2.45, 2.75) is 6.92 Å². The number of nitrogens with zero attached hydrogens (tertiary/aromatic N) is 2. The third kappa shape index (κ3) is 3.26. The van der Waals surface area contributed by atoms with Crippen LogP contribution in [0.4, 0.5) is 11.5 Å².